The van der Waals surface area contributed by atoms with Crippen LogP contribution in [0, 0.1) is 0 Å². The molecule has 2 heterocycles. The molecule has 0 amide bonds. The lowest BCUT2D eigenvalue weighted by atomic mass is 10.0. The second kappa shape index (κ2) is 5.17. The van der Waals surface area contributed by atoms with Crippen LogP contribution in [0.1, 0.15) is 17.2 Å². The Morgan fingerprint density at radius 1 is 1.16 bits per heavy atom. The highest BCUT2D eigenvalue weighted by Crippen LogP contribution is 2.21. The minimum atomic E-state index is 0.0176. The van der Waals surface area contributed by atoms with Gasteiger partial charge in [0.05, 0.1) is 29.6 Å². The maximum absolute atomic E-state index is 5.65. The summed E-state index contributed by atoms with van der Waals surface area (Å²) in [5.74, 6) is 5.65. The van der Waals surface area contributed by atoms with Gasteiger partial charge in [0.15, 0.2) is 0 Å². The fourth-order valence-corrected chi connectivity index (χ4v) is 2.11. The van der Waals surface area contributed by atoms with E-state index in [1.165, 1.54) is 0 Å². The zero-order chi connectivity index (χ0) is 13.1. The first kappa shape index (κ1) is 11.8. The number of hydrogen-bond donors (Lipinski definition) is 2. The van der Waals surface area contributed by atoms with Crippen molar-refractivity contribution < 1.29 is 4.42 Å². The molecule has 0 saturated carbocycles. The lowest BCUT2D eigenvalue weighted by Gasteiger charge is -2.15. The SMILES string of the molecule is NNC(Cc1ccoc1)c1ccc2nccnc2c1. The van der Waals surface area contributed by atoms with Crippen molar-refractivity contribution in [3.8, 4) is 0 Å². The molecule has 96 valence electrons. The third-order valence-electron chi connectivity index (χ3n) is 3.12. The lowest BCUT2D eigenvalue weighted by molar-refractivity contribution is 0.536. The van der Waals surface area contributed by atoms with Gasteiger partial charge in [-0.1, -0.05) is 6.07 Å². The van der Waals surface area contributed by atoms with Crippen LogP contribution in [0.15, 0.2) is 53.6 Å². The summed E-state index contributed by atoms with van der Waals surface area (Å²) in [6.07, 6.45) is 7.53. The van der Waals surface area contributed by atoms with E-state index in [1.54, 1.807) is 24.9 Å². The van der Waals surface area contributed by atoms with Gasteiger partial charge in [0, 0.05) is 12.4 Å². The molecular weight excluding hydrogens is 240 g/mol. The summed E-state index contributed by atoms with van der Waals surface area (Å²) in [4.78, 5) is 8.56. The molecule has 0 aliphatic heterocycles. The zero-order valence-electron chi connectivity index (χ0n) is 10.3. The number of benzene rings is 1. The highest BCUT2D eigenvalue weighted by Gasteiger charge is 2.12. The molecule has 3 rings (SSSR count). The standard InChI is InChI=1S/C14H14N4O/c15-18-13(7-10-3-6-19-9-10)11-1-2-12-14(8-11)17-5-4-16-12/h1-6,8-9,13,18H,7,15H2. The monoisotopic (exact) mass is 254 g/mol. The molecule has 0 saturated heterocycles. The first-order chi connectivity index (χ1) is 9.36. The van der Waals surface area contributed by atoms with Crippen molar-refractivity contribution in [1.29, 1.82) is 0 Å². The van der Waals surface area contributed by atoms with Crippen LogP contribution in [-0.4, -0.2) is 9.97 Å². The van der Waals surface area contributed by atoms with Crippen LogP contribution in [-0.2, 0) is 6.42 Å². The number of hydrazine groups is 1. The molecule has 0 spiro atoms. The summed E-state index contributed by atoms with van der Waals surface area (Å²) in [6.45, 7) is 0. The topological polar surface area (TPSA) is 77.0 Å². The first-order valence-electron chi connectivity index (χ1n) is 6.04. The second-order valence-electron chi connectivity index (χ2n) is 4.36. The molecule has 5 nitrogen and oxygen atoms in total. The van der Waals surface area contributed by atoms with E-state index in [2.05, 4.69) is 15.4 Å². The van der Waals surface area contributed by atoms with E-state index in [0.29, 0.717) is 0 Å². The van der Waals surface area contributed by atoms with E-state index < -0.39 is 0 Å². The molecule has 0 aliphatic rings. The van der Waals surface area contributed by atoms with Crippen LogP contribution in [0.3, 0.4) is 0 Å². The molecule has 3 N–H and O–H groups in total. The summed E-state index contributed by atoms with van der Waals surface area (Å²) in [5, 5.41) is 0. The Morgan fingerprint density at radius 2 is 2.00 bits per heavy atom. The Bertz CT molecular complexity index is 666. The van der Waals surface area contributed by atoms with Crippen LogP contribution < -0.4 is 11.3 Å². The third kappa shape index (κ3) is 2.47. The number of aromatic nitrogens is 2. The second-order valence-corrected chi connectivity index (χ2v) is 4.36. The van der Waals surface area contributed by atoms with Crippen LogP contribution in [0.5, 0.6) is 0 Å². The van der Waals surface area contributed by atoms with Gasteiger partial charge in [0.1, 0.15) is 0 Å². The van der Waals surface area contributed by atoms with Gasteiger partial charge in [-0.2, -0.15) is 0 Å². The van der Waals surface area contributed by atoms with Crippen LogP contribution in [0.4, 0.5) is 0 Å². The Kier molecular flexibility index (Phi) is 3.22. The van der Waals surface area contributed by atoms with Gasteiger partial charge in [-0.25, -0.2) is 0 Å². The van der Waals surface area contributed by atoms with Gasteiger partial charge in [-0.3, -0.25) is 21.2 Å². The average Bonchev–Trinajstić information content (AvgIpc) is 2.97. The van der Waals surface area contributed by atoms with Crippen molar-refractivity contribution in [2.24, 2.45) is 5.84 Å². The van der Waals surface area contributed by atoms with E-state index in [1.807, 2.05) is 24.3 Å². The number of furan rings is 1. The molecule has 2 aromatic heterocycles. The van der Waals surface area contributed by atoms with Crippen molar-refractivity contribution in [3.05, 3.63) is 60.3 Å². The molecule has 1 aromatic carbocycles. The van der Waals surface area contributed by atoms with Crippen molar-refractivity contribution in [3.63, 3.8) is 0 Å². The zero-order valence-corrected chi connectivity index (χ0v) is 10.3. The van der Waals surface area contributed by atoms with Crippen molar-refractivity contribution >= 4 is 11.0 Å². The number of nitrogens with one attached hydrogen (secondary N) is 1. The summed E-state index contributed by atoms with van der Waals surface area (Å²) < 4.78 is 5.08. The minimum Gasteiger partial charge on any atom is -0.472 e. The maximum Gasteiger partial charge on any atom is 0.0935 e. The first-order valence-corrected chi connectivity index (χ1v) is 6.04. The predicted octanol–water partition coefficient (Wildman–Crippen LogP) is 1.97. The fraction of sp³-hybridized carbons (Fsp3) is 0.143. The number of nitrogens with zero attached hydrogens (tertiary/aromatic N) is 2. The number of fused-ring (bicyclic) bond motifs is 1. The normalized spacial score (nSPS) is 12.7. The molecule has 0 aliphatic carbocycles. The highest BCUT2D eigenvalue weighted by atomic mass is 16.3. The molecule has 0 bridgehead atoms. The summed E-state index contributed by atoms with van der Waals surface area (Å²) in [5.41, 5.74) is 6.76. The number of hydrogen-bond acceptors (Lipinski definition) is 5. The predicted molar refractivity (Wildman–Crippen MR) is 72.0 cm³/mol. The van der Waals surface area contributed by atoms with Crippen LogP contribution in [0.25, 0.3) is 11.0 Å². The van der Waals surface area contributed by atoms with Crippen LogP contribution >= 0.6 is 0 Å². The molecule has 0 fully saturated rings. The largest absolute Gasteiger partial charge is 0.472 e. The van der Waals surface area contributed by atoms with E-state index in [4.69, 9.17) is 10.3 Å². The number of nitrogens with two attached hydrogens (primary N) is 1. The maximum atomic E-state index is 5.65. The van der Waals surface area contributed by atoms with Gasteiger partial charge in [-0.05, 0) is 35.7 Å². The lowest BCUT2D eigenvalue weighted by Crippen LogP contribution is -2.29. The molecular formula is C14H14N4O. The Hall–Kier alpha value is -2.24. The molecule has 19 heavy (non-hydrogen) atoms. The molecule has 1 unspecified atom stereocenters. The van der Waals surface area contributed by atoms with E-state index in [9.17, 15) is 0 Å². The summed E-state index contributed by atoms with van der Waals surface area (Å²) in [7, 11) is 0. The fourth-order valence-electron chi connectivity index (χ4n) is 2.11. The van der Waals surface area contributed by atoms with E-state index in [0.717, 1.165) is 28.6 Å². The Labute approximate surface area is 110 Å². The van der Waals surface area contributed by atoms with Crippen molar-refractivity contribution in [1.82, 2.24) is 15.4 Å². The van der Waals surface area contributed by atoms with Gasteiger partial charge in [0.2, 0.25) is 0 Å². The van der Waals surface area contributed by atoms with Crippen LogP contribution in [0.2, 0.25) is 0 Å². The molecule has 5 heteroatoms. The van der Waals surface area contributed by atoms with E-state index >= 15 is 0 Å². The highest BCUT2D eigenvalue weighted by molar-refractivity contribution is 5.74. The minimum absolute atomic E-state index is 0.0176. The van der Waals surface area contributed by atoms with Gasteiger partial charge < -0.3 is 4.42 Å². The summed E-state index contributed by atoms with van der Waals surface area (Å²) in [6, 6.07) is 7.93. The average molecular weight is 254 g/mol. The van der Waals surface area contributed by atoms with Crippen molar-refractivity contribution in [2.45, 2.75) is 12.5 Å². The Morgan fingerprint density at radius 3 is 2.74 bits per heavy atom. The molecule has 3 aromatic rings. The number of rotatable bonds is 4. The summed E-state index contributed by atoms with van der Waals surface area (Å²) >= 11 is 0. The Balaban J connectivity index is 1.92. The molecule has 1 atom stereocenters. The van der Waals surface area contributed by atoms with Gasteiger partial charge >= 0.3 is 0 Å². The van der Waals surface area contributed by atoms with Gasteiger partial charge in [-0.15, -0.1) is 0 Å². The van der Waals surface area contributed by atoms with Crippen molar-refractivity contribution in [2.75, 3.05) is 0 Å². The van der Waals surface area contributed by atoms with Gasteiger partial charge in [0.25, 0.3) is 0 Å². The van der Waals surface area contributed by atoms with E-state index in [-0.39, 0.29) is 6.04 Å². The quantitative estimate of drug-likeness (QED) is 0.550. The molecule has 0 radical (unpaired) electrons. The third-order valence-corrected chi connectivity index (χ3v) is 3.12. The smallest absolute Gasteiger partial charge is 0.0935 e.